The molecular formula is C10H12BrClFN. The van der Waals surface area contributed by atoms with Crippen molar-refractivity contribution >= 4 is 27.5 Å². The Hall–Kier alpha value is -0.120. The molecule has 0 saturated heterocycles. The molecule has 0 amide bonds. The molecule has 0 radical (unpaired) electrons. The largest absolute Gasteiger partial charge is 0.309 e. The minimum absolute atomic E-state index is 0.229. The van der Waals surface area contributed by atoms with E-state index in [1.807, 2.05) is 13.0 Å². The summed E-state index contributed by atoms with van der Waals surface area (Å²) in [6, 6.07) is 5.23. The van der Waals surface area contributed by atoms with E-state index in [-0.39, 0.29) is 11.9 Å². The quantitative estimate of drug-likeness (QED) is 0.835. The van der Waals surface area contributed by atoms with Crippen molar-refractivity contribution in [2.24, 2.45) is 0 Å². The second kappa shape index (κ2) is 5.69. The van der Waals surface area contributed by atoms with Gasteiger partial charge in [-0.15, -0.1) is 11.6 Å². The number of benzene rings is 1. The molecule has 14 heavy (non-hydrogen) atoms. The Morgan fingerprint density at radius 2 is 2.29 bits per heavy atom. The van der Waals surface area contributed by atoms with Crippen LogP contribution in [0.4, 0.5) is 4.39 Å². The van der Waals surface area contributed by atoms with Gasteiger partial charge in [-0.25, -0.2) is 4.39 Å². The van der Waals surface area contributed by atoms with Gasteiger partial charge in [-0.05, 0) is 34.5 Å². The van der Waals surface area contributed by atoms with E-state index in [1.54, 1.807) is 6.07 Å². The molecule has 0 fully saturated rings. The highest BCUT2D eigenvalue weighted by atomic mass is 79.9. The van der Waals surface area contributed by atoms with Gasteiger partial charge in [-0.1, -0.05) is 12.1 Å². The van der Waals surface area contributed by atoms with E-state index < -0.39 is 0 Å². The Balaban J connectivity index is 2.63. The van der Waals surface area contributed by atoms with Gasteiger partial charge in [0.1, 0.15) is 5.82 Å². The molecule has 78 valence electrons. The van der Waals surface area contributed by atoms with Gasteiger partial charge in [0.15, 0.2) is 0 Å². The Labute approximate surface area is 96.8 Å². The fraction of sp³-hybridized carbons (Fsp3) is 0.400. The van der Waals surface area contributed by atoms with E-state index in [0.29, 0.717) is 16.9 Å². The number of alkyl halides is 1. The molecule has 0 saturated carbocycles. The minimum Gasteiger partial charge on any atom is -0.309 e. The molecule has 0 aliphatic heterocycles. The second-order valence-electron chi connectivity index (χ2n) is 3.15. The standard InChI is InChI=1S/C10H12BrClFN/c1-7(5-12)14-6-8-3-2-4-9(13)10(8)11/h2-4,7,14H,5-6H2,1H3. The summed E-state index contributed by atoms with van der Waals surface area (Å²) in [6.07, 6.45) is 0. The fourth-order valence-corrected chi connectivity index (χ4v) is 1.54. The van der Waals surface area contributed by atoms with Crippen molar-refractivity contribution in [3.05, 3.63) is 34.1 Å². The zero-order valence-corrected chi connectivity index (χ0v) is 10.2. The summed E-state index contributed by atoms with van der Waals surface area (Å²) < 4.78 is 13.6. The zero-order chi connectivity index (χ0) is 10.6. The smallest absolute Gasteiger partial charge is 0.137 e. The maximum Gasteiger partial charge on any atom is 0.137 e. The molecule has 0 bridgehead atoms. The lowest BCUT2D eigenvalue weighted by Gasteiger charge is -2.11. The fourth-order valence-electron chi connectivity index (χ4n) is 1.02. The molecule has 0 spiro atoms. The Bertz CT molecular complexity index is 306. The molecule has 4 heteroatoms. The van der Waals surface area contributed by atoms with Gasteiger partial charge in [0, 0.05) is 18.5 Å². The lowest BCUT2D eigenvalue weighted by molar-refractivity contribution is 0.581. The van der Waals surface area contributed by atoms with Gasteiger partial charge >= 0.3 is 0 Å². The highest BCUT2D eigenvalue weighted by Crippen LogP contribution is 2.20. The maximum absolute atomic E-state index is 13.1. The number of nitrogens with one attached hydrogen (secondary N) is 1. The zero-order valence-electron chi connectivity index (χ0n) is 7.86. The monoisotopic (exact) mass is 279 g/mol. The lowest BCUT2D eigenvalue weighted by Crippen LogP contribution is -2.26. The molecule has 0 aliphatic carbocycles. The van der Waals surface area contributed by atoms with Crippen LogP contribution in [0.3, 0.4) is 0 Å². The van der Waals surface area contributed by atoms with Crippen molar-refractivity contribution in [3.8, 4) is 0 Å². The number of halogens is 3. The Kier molecular flexibility index (Phi) is 4.85. The van der Waals surface area contributed by atoms with Gasteiger partial charge in [-0.2, -0.15) is 0 Å². The van der Waals surface area contributed by atoms with Gasteiger partial charge in [0.05, 0.1) is 4.47 Å². The SMILES string of the molecule is CC(CCl)NCc1cccc(F)c1Br. The molecule has 1 nitrogen and oxygen atoms in total. The van der Waals surface area contributed by atoms with Crippen molar-refractivity contribution in [2.45, 2.75) is 19.5 Å². The minimum atomic E-state index is -0.233. The highest BCUT2D eigenvalue weighted by molar-refractivity contribution is 9.10. The average Bonchev–Trinajstić information content (AvgIpc) is 2.20. The van der Waals surface area contributed by atoms with E-state index in [4.69, 9.17) is 11.6 Å². The van der Waals surface area contributed by atoms with E-state index in [0.717, 1.165) is 5.56 Å². The van der Waals surface area contributed by atoms with E-state index in [2.05, 4.69) is 21.2 Å². The summed E-state index contributed by atoms with van der Waals surface area (Å²) in [5.74, 6) is 0.315. The average molecular weight is 281 g/mol. The van der Waals surface area contributed by atoms with Gasteiger partial charge in [0.2, 0.25) is 0 Å². The van der Waals surface area contributed by atoms with Crippen LogP contribution < -0.4 is 5.32 Å². The molecule has 1 N–H and O–H groups in total. The third kappa shape index (κ3) is 3.23. The van der Waals surface area contributed by atoms with Crippen LogP contribution in [0.25, 0.3) is 0 Å². The first-order valence-corrected chi connectivity index (χ1v) is 5.70. The third-order valence-electron chi connectivity index (χ3n) is 1.90. The van der Waals surface area contributed by atoms with Crippen LogP contribution in [0.15, 0.2) is 22.7 Å². The van der Waals surface area contributed by atoms with Crippen molar-refractivity contribution < 1.29 is 4.39 Å². The number of hydrogen-bond acceptors (Lipinski definition) is 1. The molecule has 0 heterocycles. The van der Waals surface area contributed by atoms with Crippen LogP contribution in [-0.2, 0) is 6.54 Å². The van der Waals surface area contributed by atoms with Crippen LogP contribution in [0, 0.1) is 5.82 Å². The predicted molar refractivity (Wildman–Crippen MR) is 61.1 cm³/mol. The van der Waals surface area contributed by atoms with Crippen molar-refractivity contribution in [2.75, 3.05) is 5.88 Å². The second-order valence-corrected chi connectivity index (χ2v) is 4.25. The Morgan fingerprint density at radius 3 is 2.93 bits per heavy atom. The number of hydrogen-bond donors (Lipinski definition) is 1. The van der Waals surface area contributed by atoms with E-state index in [1.165, 1.54) is 6.07 Å². The van der Waals surface area contributed by atoms with Gasteiger partial charge in [-0.3, -0.25) is 0 Å². The third-order valence-corrected chi connectivity index (χ3v) is 3.25. The highest BCUT2D eigenvalue weighted by Gasteiger charge is 2.05. The molecule has 0 aliphatic rings. The van der Waals surface area contributed by atoms with Crippen molar-refractivity contribution in [3.63, 3.8) is 0 Å². The first-order valence-electron chi connectivity index (χ1n) is 4.37. The molecule has 1 rings (SSSR count). The molecule has 1 aromatic carbocycles. The summed E-state index contributed by atoms with van der Waals surface area (Å²) in [6.45, 7) is 2.60. The predicted octanol–water partition coefficient (Wildman–Crippen LogP) is 3.31. The summed E-state index contributed by atoms with van der Waals surface area (Å²) in [7, 11) is 0. The molecule has 1 atom stereocenters. The maximum atomic E-state index is 13.1. The van der Waals surface area contributed by atoms with Crippen LogP contribution >= 0.6 is 27.5 Å². The molecule has 1 unspecified atom stereocenters. The van der Waals surface area contributed by atoms with E-state index in [9.17, 15) is 4.39 Å². The van der Waals surface area contributed by atoms with Gasteiger partial charge in [0.25, 0.3) is 0 Å². The molecule has 0 aromatic heterocycles. The van der Waals surface area contributed by atoms with Crippen molar-refractivity contribution in [1.29, 1.82) is 0 Å². The topological polar surface area (TPSA) is 12.0 Å². The van der Waals surface area contributed by atoms with Crippen molar-refractivity contribution in [1.82, 2.24) is 5.32 Å². The molecular weight excluding hydrogens is 268 g/mol. The lowest BCUT2D eigenvalue weighted by atomic mass is 10.2. The van der Waals surface area contributed by atoms with E-state index >= 15 is 0 Å². The summed E-state index contributed by atoms with van der Waals surface area (Å²) in [5, 5.41) is 3.19. The van der Waals surface area contributed by atoms with Gasteiger partial charge < -0.3 is 5.32 Å². The first kappa shape index (κ1) is 12.0. The Morgan fingerprint density at radius 1 is 1.57 bits per heavy atom. The number of rotatable bonds is 4. The van der Waals surface area contributed by atoms with Crippen LogP contribution in [-0.4, -0.2) is 11.9 Å². The summed E-state index contributed by atoms with van der Waals surface area (Å²) in [4.78, 5) is 0. The van der Waals surface area contributed by atoms with Crippen LogP contribution in [0.2, 0.25) is 0 Å². The van der Waals surface area contributed by atoms with Crippen LogP contribution in [0.5, 0.6) is 0 Å². The van der Waals surface area contributed by atoms with Crippen LogP contribution in [0.1, 0.15) is 12.5 Å². The normalized spacial score (nSPS) is 12.9. The summed E-state index contributed by atoms with van der Waals surface area (Å²) in [5.41, 5.74) is 0.905. The first-order chi connectivity index (χ1) is 6.65. The summed E-state index contributed by atoms with van der Waals surface area (Å²) >= 11 is 8.85. The molecule has 1 aromatic rings.